The van der Waals surface area contributed by atoms with Crippen molar-refractivity contribution in [2.45, 2.75) is 31.7 Å². The molecule has 2 N–H and O–H groups in total. The second kappa shape index (κ2) is 7.08. The molecule has 1 aromatic rings. The standard InChI is InChI=1S/C15H17F3N2O4/c1-9(21)20-7-11(22)6-13(20)14(23)19-10-3-2-4-12(5-10)24-8-15(16,17)18/h2-5,11,13,22H,6-8H2,1H3,(H,19,23)/t11-,13+/m0/s1. The van der Waals surface area contributed by atoms with E-state index >= 15 is 0 Å². The molecule has 6 nitrogen and oxygen atoms in total. The minimum absolute atomic E-state index is 0.0417. The van der Waals surface area contributed by atoms with Crippen LogP contribution in [0, 0.1) is 0 Å². The van der Waals surface area contributed by atoms with E-state index in [1.807, 2.05) is 0 Å². The van der Waals surface area contributed by atoms with E-state index in [4.69, 9.17) is 0 Å². The second-order valence-electron chi connectivity index (χ2n) is 5.50. The van der Waals surface area contributed by atoms with Gasteiger partial charge in [0.2, 0.25) is 11.8 Å². The summed E-state index contributed by atoms with van der Waals surface area (Å²) >= 11 is 0. The van der Waals surface area contributed by atoms with Gasteiger partial charge >= 0.3 is 6.18 Å². The fourth-order valence-corrected chi connectivity index (χ4v) is 2.46. The number of aliphatic hydroxyl groups is 1. The zero-order valence-corrected chi connectivity index (χ0v) is 12.8. The maximum atomic E-state index is 12.3. The van der Waals surface area contributed by atoms with Gasteiger partial charge in [0.25, 0.3) is 0 Å². The summed E-state index contributed by atoms with van der Waals surface area (Å²) in [4.78, 5) is 25.0. The van der Waals surface area contributed by atoms with Crippen LogP contribution in [-0.4, -0.2) is 53.3 Å². The zero-order chi connectivity index (χ0) is 17.9. The number of amides is 2. The summed E-state index contributed by atoms with van der Waals surface area (Å²) < 4.78 is 41.1. The van der Waals surface area contributed by atoms with Crippen LogP contribution in [0.4, 0.5) is 18.9 Å². The van der Waals surface area contributed by atoms with Crippen molar-refractivity contribution in [3.8, 4) is 5.75 Å². The van der Waals surface area contributed by atoms with Crippen LogP contribution in [0.25, 0.3) is 0 Å². The molecule has 0 spiro atoms. The number of rotatable bonds is 4. The molecule has 1 saturated heterocycles. The molecule has 132 valence electrons. The van der Waals surface area contributed by atoms with Gasteiger partial charge < -0.3 is 20.1 Å². The van der Waals surface area contributed by atoms with Crippen molar-refractivity contribution >= 4 is 17.5 Å². The van der Waals surface area contributed by atoms with Crippen molar-refractivity contribution in [1.82, 2.24) is 4.90 Å². The highest BCUT2D eigenvalue weighted by molar-refractivity contribution is 5.97. The number of nitrogens with zero attached hydrogens (tertiary/aromatic N) is 1. The van der Waals surface area contributed by atoms with E-state index in [1.54, 1.807) is 0 Å². The number of β-amino-alcohol motifs (C(OH)–C–C–N with tert-alkyl or cyclic N) is 1. The summed E-state index contributed by atoms with van der Waals surface area (Å²) in [5, 5.41) is 12.1. The van der Waals surface area contributed by atoms with E-state index < -0.39 is 30.8 Å². The fourth-order valence-electron chi connectivity index (χ4n) is 2.46. The smallest absolute Gasteiger partial charge is 0.422 e. The number of nitrogens with one attached hydrogen (secondary N) is 1. The normalized spacial score (nSPS) is 20.8. The Bertz CT molecular complexity index is 621. The van der Waals surface area contributed by atoms with Gasteiger partial charge in [-0.15, -0.1) is 0 Å². The Balaban J connectivity index is 2.02. The van der Waals surface area contributed by atoms with Crippen molar-refractivity contribution in [3.63, 3.8) is 0 Å². The second-order valence-corrected chi connectivity index (χ2v) is 5.50. The number of halogens is 3. The fraction of sp³-hybridized carbons (Fsp3) is 0.467. The van der Waals surface area contributed by atoms with E-state index in [9.17, 15) is 27.9 Å². The number of likely N-dealkylation sites (tertiary alicyclic amines) is 1. The molecule has 0 radical (unpaired) electrons. The molecular formula is C15H17F3N2O4. The van der Waals surface area contributed by atoms with E-state index in [2.05, 4.69) is 10.1 Å². The van der Waals surface area contributed by atoms with Gasteiger partial charge in [-0.05, 0) is 12.1 Å². The van der Waals surface area contributed by atoms with Gasteiger partial charge in [0.15, 0.2) is 6.61 Å². The molecule has 2 amide bonds. The average Bonchev–Trinajstić information content (AvgIpc) is 2.87. The summed E-state index contributed by atoms with van der Waals surface area (Å²) in [7, 11) is 0. The van der Waals surface area contributed by atoms with Crippen molar-refractivity contribution in [1.29, 1.82) is 0 Å². The topological polar surface area (TPSA) is 78.9 Å². The van der Waals surface area contributed by atoms with Crippen LogP contribution in [0.1, 0.15) is 13.3 Å². The largest absolute Gasteiger partial charge is 0.484 e. The van der Waals surface area contributed by atoms with E-state index in [1.165, 1.54) is 36.1 Å². The lowest BCUT2D eigenvalue weighted by atomic mass is 10.1. The number of hydrogen-bond acceptors (Lipinski definition) is 4. The quantitative estimate of drug-likeness (QED) is 0.867. The summed E-state index contributed by atoms with van der Waals surface area (Å²) in [6.45, 7) is -0.0661. The minimum Gasteiger partial charge on any atom is -0.484 e. The predicted octanol–water partition coefficient (Wildman–Crippen LogP) is 1.55. The Hall–Kier alpha value is -2.29. The summed E-state index contributed by atoms with van der Waals surface area (Å²) in [6.07, 6.45) is -5.14. The highest BCUT2D eigenvalue weighted by Crippen LogP contribution is 2.23. The summed E-state index contributed by atoms with van der Waals surface area (Å²) in [5.74, 6) is -0.899. The number of hydrogen-bond donors (Lipinski definition) is 2. The lowest BCUT2D eigenvalue weighted by molar-refractivity contribution is -0.153. The van der Waals surface area contributed by atoms with Crippen LogP contribution in [0.3, 0.4) is 0 Å². The Morgan fingerprint density at radius 1 is 1.42 bits per heavy atom. The number of carbonyl (C=O) groups excluding carboxylic acids is 2. The first-order valence-electron chi connectivity index (χ1n) is 7.21. The molecule has 0 bridgehead atoms. The average molecular weight is 346 g/mol. The van der Waals surface area contributed by atoms with E-state index in [-0.39, 0.29) is 30.3 Å². The van der Waals surface area contributed by atoms with Gasteiger partial charge in [0.1, 0.15) is 11.8 Å². The number of carbonyl (C=O) groups is 2. The highest BCUT2D eigenvalue weighted by Gasteiger charge is 2.37. The molecule has 1 aliphatic rings. The molecule has 0 aliphatic carbocycles. The van der Waals surface area contributed by atoms with Crippen LogP contribution < -0.4 is 10.1 Å². The van der Waals surface area contributed by atoms with Gasteiger partial charge in [-0.1, -0.05) is 6.07 Å². The zero-order valence-electron chi connectivity index (χ0n) is 12.8. The SMILES string of the molecule is CC(=O)N1C[C@@H](O)C[C@@H]1C(=O)Nc1cccc(OCC(F)(F)F)c1. The molecule has 1 fully saturated rings. The van der Waals surface area contributed by atoms with Crippen LogP contribution in [0.2, 0.25) is 0 Å². The predicted molar refractivity (Wildman–Crippen MR) is 78.4 cm³/mol. The van der Waals surface area contributed by atoms with Crippen LogP contribution in [-0.2, 0) is 9.59 Å². The number of benzene rings is 1. The third-order valence-electron chi connectivity index (χ3n) is 3.49. The first kappa shape index (κ1) is 18.1. The van der Waals surface area contributed by atoms with Gasteiger partial charge in [-0.25, -0.2) is 0 Å². The lowest BCUT2D eigenvalue weighted by Crippen LogP contribution is -2.42. The number of anilines is 1. The van der Waals surface area contributed by atoms with Gasteiger partial charge in [0.05, 0.1) is 6.10 Å². The van der Waals surface area contributed by atoms with Crippen LogP contribution >= 0.6 is 0 Å². The van der Waals surface area contributed by atoms with Gasteiger partial charge in [0, 0.05) is 31.6 Å². The molecule has 0 unspecified atom stereocenters. The molecule has 2 rings (SSSR count). The van der Waals surface area contributed by atoms with Crippen LogP contribution in [0.5, 0.6) is 5.75 Å². The Kier molecular flexibility index (Phi) is 5.33. The molecule has 1 aliphatic heterocycles. The number of aliphatic hydroxyl groups excluding tert-OH is 1. The maximum absolute atomic E-state index is 12.3. The monoisotopic (exact) mass is 346 g/mol. The molecule has 1 heterocycles. The molecule has 1 aromatic carbocycles. The summed E-state index contributed by atoms with van der Waals surface area (Å²) in [6, 6.07) is 4.70. The first-order chi connectivity index (χ1) is 11.2. The minimum atomic E-state index is -4.46. The van der Waals surface area contributed by atoms with Crippen molar-refractivity contribution in [3.05, 3.63) is 24.3 Å². The lowest BCUT2D eigenvalue weighted by Gasteiger charge is -2.22. The summed E-state index contributed by atoms with van der Waals surface area (Å²) in [5.41, 5.74) is 0.240. The van der Waals surface area contributed by atoms with E-state index in [0.29, 0.717) is 0 Å². The number of alkyl halides is 3. The van der Waals surface area contributed by atoms with Crippen LogP contribution in [0.15, 0.2) is 24.3 Å². The molecule has 0 saturated carbocycles. The molecule has 24 heavy (non-hydrogen) atoms. The van der Waals surface area contributed by atoms with E-state index in [0.717, 1.165) is 0 Å². The Morgan fingerprint density at radius 2 is 2.12 bits per heavy atom. The Morgan fingerprint density at radius 3 is 2.75 bits per heavy atom. The highest BCUT2D eigenvalue weighted by atomic mass is 19.4. The molecule has 0 aromatic heterocycles. The number of ether oxygens (including phenoxy) is 1. The first-order valence-corrected chi connectivity index (χ1v) is 7.21. The molecular weight excluding hydrogens is 329 g/mol. The third-order valence-corrected chi connectivity index (χ3v) is 3.49. The Labute approximate surface area is 136 Å². The maximum Gasteiger partial charge on any atom is 0.422 e. The molecule has 9 heteroatoms. The molecule has 2 atom stereocenters. The third kappa shape index (κ3) is 4.85. The van der Waals surface area contributed by atoms with Crippen molar-refractivity contribution in [2.24, 2.45) is 0 Å². The van der Waals surface area contributed by atoms with Crippen molar-refractivity contribution in [2.75, 3.05) is 18.5 Å². The van der Waals surface area contributed by atoms with Crippen molar-refractivity contribution < 1.29 is 32.6 Å². The van der Waals surface area contributed by atoms with Gasteiger partial charge in [-0.2, -0.15) is 13.2 Å². The van der Waals surface area contributed by atoms with Gasteiger partial charge in [-0.3, -0.25) is 9.59 Å².